The summed E-state index contributed by atoms with van der Waals surface area (Å²) in [7, 11) is 0. The molecule has 0 amide bonds. The predicted molar refractivity (Wildman–Crippen MR) is 89.5 cm³/mol. The third-order valence-electron chi connectivity index (χ3n) is 3.96. The summed E-state index contributed by atoms with van der Waals surface area (Å²) in [6.07, 6.45) is 6.63. The van der Waals surface area contributed by atoms with Crippen LogP contribution in [0.3, 0.4) is 0 Å². The lowest BCUT2D eigenvalue weighted by molar-refractivity contribution is 0.367. The molecule has 0 radical (unpaired) electrons. The van der Waals surface area contributed by atoms with Crippen LogP contribution < -0.4 is 5.32 Å². The van der Waals surface area contributed by atoms with Crippen LogP contribution in [0.1, 0.15) is 42.9 Å². The maximum absolute atomic E-state index is 3.71. The Morgan fingerprint density at radius 3 is 2.58 bits per heavy atom. The molecule has 3 heteroatoms. The number of rotatable bonds is 7. The fourth-order valence-corrected chi connectivity index (χ4v) is 5.12. The van der Waals surface area contributed by atoms with Crippen LogP contribution in [0.2, 0.25) is 0 Å². The van der Waals surface area contributed by atoms with E-state index in [9.17, 15) is 0 Å². The van der Waals surface area contributed by atoms with Crippen molar-refractivity contribution in [1.82, 2.24) is 5.32 Å². The van der Waals surface area contributed by atoms with Gasteiger partial charge in [-0.15, -0.1) is 11.3 Å². The van der Waals surface area contributed by atoms with Crippen molar-refractivity contribution in [1.29, 1.82) is 0 Å². The first-order chi connectivity index (χ1) is 9.31. The van der Waals surface area contributed by atoms with Crippen molar-refractivity contribution in [3.8, 4) is 0 Å². The van der Waals surface area contributed by atoms with Crippen molar-refractivity contribution in [2.45, 2.75) is 52.0 Å². The smallest absolute Gasteiger partial charge is 0.0118 e. The Bertz CT molecular complexity index is 355. The van der Waals surface area contributed by atoms with Crippen LogP contribution in [-0.2, 0) is 12.8 Å². The highest BCUT2D eigenvalue weighted by molar-refractivity contribution is 7.99. The van der Waals surface area contributed by atoms with Crippen LogP contribution in [0.5, 0.6) is 0 Å². The van der Waals surface area contributed by atoms with Crippen molar-refractivity contribution in [2.75, 3.05) is 18.1 Å². The number of thioether (sulfide) groups is 1. The maximum Gasteiger partial charge on any atom is 0.0118 e. The van der Waals surface area contributed by atoms with Gasteiger partial charge in [-0.1, -0.05) is 13.8 Å². The molecule has 1 N–H and O–H groups in total. The van der Waals surface area contributed by atoms with E-state index in [0.29, 0.717) is 6.04 Å². The Labute approximate surface area is 126 Å². The Hall–Kier alpha value is 0.01000. The van der Waals surface area contributed by atoms with Gasteiger partial charge in [0.05, 0.1) is 0 Å². The molecular weight excluding hydrogens is 270 g/mol. The molecule has 108 valence electrons. The van der Waals surface area contributed by atoms with E-state index in [4.69, 9.17) is 0 Å². The number of hydrogen-bond donors (Lipinski definition) is 1. The monoisotopic (exact) mass is 297 g/mol. The molecule has 1 aromatic heterocycles. The second kappa shape index (κ2) is 8.33. The summed E-state index contributed by atoms with van der Waals surface area (Å²) in [5.74, 6) is 3.71. The van der Waals surface area contributed by atoms with E-state index in [1.54, 1.807) is 4.88 Å². The van der Waals surface area contributed by atoms with E-state index in [0.717, 1.165) is 12.5 Å². The number of likely N-dealkylation sites (N-methyl/N-ethyl adjacent to an activating group) is 1. The van der Waals surface area contributed by atoms with Crippen LogP contribution in [0.25, 0.3) is 0 Å². The van der Waals surface area contributed by atoms with Gasteiger partial charge in [0, 0.05) is 15.8 Å². The average Bonchev–Trinajstić information content (AvgIpc) is 2.88. The van der Waals surface area contributed by atoms with Gasteiger partial charge in [-0.25, -0.2) is 0 Å². The highest BCUT2D eigenvalue weighted by Crippen LogP contribution is 2.28. The largest absolute Gasteiger partial charge is 0.314 e. The van der Waals surface area contributed by atoms with E-state index in [1.165, 1.54) is 48.5 Å². The van der Waals surface area contributed by atoms with Gasteiger partial charge in [-0.05, 0) is 68.2 Å². The summed E-state index contributed by atoms with van der Waals surface area (Å²) >= 11 is 4.14. The molecule has 0 spiro atoms. The predicted octanol–water partition coefficient (Wildman–Crippen LogP) is 4.36. The number of nitrogens with one attached hydrogen (secondary N) is 1. The molecule has 0 aromatic carbocycles. The Morgan fingerprint density at radius 2 is 1.95 bits per heavy atom. The van der Waals surface area contributed by atoms with Crippen LogP contribution >= 0.6 is 23.1 Å². The van der Waals surface area contributed by atoms with Crippen LogP contribution in [-0.4, -0.2) is 24.1 Å². The minimum atomic E-state index is 0.682. The van der Waals surface area contributed by atoms with Crippen molar-refractivity contribution < 1.29 is 0 Å². The molecule has 1 aromatic rings. The third-order valence-corrected chi connectivity index (χ3v) is 6.27. The van der Waals surface area contributed by atoms with Gasteiger partial charge in [0.25, 0.3) is 0 Å². The van der Waals surface area contributed by atoms with E-state index in [2.05, 4.69) is 43.1 Å². The van der Waals surface area contributed by atoms with Crippen molar-refractivity contribution in [3.05, 3.63) is 21.9 Å². The molecular formula is C16H27NS2. The summed E-state index contributed by atoms with van der Waals surface area (Å²) in [5, 5.41) is 3.71. The minimum Gasteiger partial charge on any atom is -0.314 e. The number of hydrogen-bond acceptors (Lipinski definition) is 3. The zero-order chi connectivity index (χ0) is 13.5. The molecule has 1 saturated heterocycles. The molecule has 2 heterocycles. The molecule has 0 bridgehead atoms. The molecule has 19 heavy (non-hydrogen) atoms. The van der Waals surface area contributed by atoms with Gasteiger partial charge in [-0.2, -0.15) is 11.8 Å². The molecule has 1 unspecified atom stereocenters. The fraction of sp³-hybridized carbons (Fsp3) is 0.750. The molecule has 1 atom stereocenters. The lowest BCUT2D eigenvalue weighted by atomic mass is 9.92. The molecule has 1 fully saturated rings. The second-order valence-electron chi connectivity index (χ2n) is 5.47. The van der Waals surface area contributed by atoms with Crippen LogP contribution in [0.15, 0.2) is 12.1 Å². The lowest BCUT2D eigenvalue weighted by Gasteiger charge is -2.26. The zero-order valence-electron chi connectivity index (χ0n) is 12.3. The van der Waals surface area contributed by atoms with Crippen LogP contribution in [0, 0.1) is 5.92 Å². The van der Waals surface area contributed by atoms with Gasteiger partial charge < -0.3 is 5.32 Å². The van der Waals surface area contributed by atoms with E-state index in [1.807, 2.05) is 11.3 Å². The first-order valence-corrected chi connectivity index (χ1v) is 9.67. The summed E-state index contributed by atoms with van der Waals surface area (Å²) in [5.41, 5.74) is 0. The van der Waals surface area contributed by atoms with Crippen LogP contribution in [0.4, 0.5) is 0 Å². The third kappa shape index (κ3) is 5.13. The summed E-state index contributed by atoms with van der Waals surface area (Å²) in [6, 6.07) is 5.33. The van der Waals surface area contributed by atoms with E-state index < -0.39 is 0 Å². The number of aryl methyl sites for hydroxylation is 1. The zero-order valence-corrected chi connectivity index (χ0v) is 13.9. The highest BCUT2D eigenvalue weighted by Gasteiger charge is 2.19. The van der Waals surface area contributed by atoms with Gasteiger partial charge >= 0.3 is 0 Å². The fourth-order valence-electron chi connectivity index (χ4n) is 2.88. The minimum absolute atomic E-state index is 0.682. The summed E-state index contributed by atoms with van der Waals surface area (Å²) in [6.45, 7) is 5.57. The molecule has 1 aliphatic rings. The summed E-state index contributed by atoms with van der Waals surface area (Å²) in [4.78, 5) is 3.09. The van der Waals surface area contributed by atoms with Gasteiger partial charge in [-0.3, -0.25) is 0 Å². The van der Waals surface area contributed by atoms with Gasteiger partial charge in [0.1, 0.15) is 0 Å². The van der Waals surface area contributed by atoms with Gasteiger partial charge in [0.2, 0.25) is 0 Å². The summed E-state index contributed by atoms with van der Waals surface area (Å²) < 4.78 is 0. The van der Waals surface area contributed by atoms with Crippen molar-refractivity contribution >= 4 is 23.1 Å². The van der Waals surface area contributed by atoms with E-state index in [-0.39, 0.29) is 0 Å². The van der Waals surface area contributed by atoms with Crippen molar-refractivity contribution in [2.24, 2.45) is 5.92 Å². The van der Waals surface area contributed by atoms with Crippen molar-refractivity contribution in [3.63, 3.8) is 0 Å². The van der Waals surface area contributed by atoms with Gasteiger partial charge in [0.15, 0.2) is 0 Å². The Balaban J connectivity index is 1.87. The average molecular weight is 298 g/mol. The normalized spacial score (nSPS) is 18.6. The molecule has 2 rings (SSSR count). The number of thiophene rings is 1. The first-order valence-electron chi connectivity index (χ1n) is 7.70. The highest BCUT2D eigenvalue weighted by atomic mass is 32.2. The Kier molecular flexibility index (Phi) is 6.75. The topological polar surface area (TPSA) is 12.0 Å². The maximum atomic E-state index is 3.71. The van der Waals surface area contributed by atoms with E-state index >= 15 is 0 Å². The molecule has 0 saturated carbocycles. The molecule has 1 aliphatic heterocycles. The first kappa shape index (κ1) is 15.4. The standard InChI is InChI=1S/C16H27NS2/c1-3-15-5-6-16(19-15)12-14(17-4-2)11-13-7-9-18-10-8-13/h5-6,13-14,17H,3-4,7-12H2,1-2H3. The SMILES string of the molecule is CCNC(Cc1ccc(CC)s1)CC1CCSCC1. The molecule has 0 aliphatic carbocycles. The Morgan fingerprint density at radius 1 is 1.21 bits per heavy atom. The molecule has 1 nitrogen and oxygen atoms in total. The second-order valence-corrected chi connectivity index (χ2v) is 7.95. The quantitative estimate of drug-likeness (QED) is 0.802. The lowest BCUT2D eigenvalue weighted by Crippen LogP contribution is -2.33.